The second kappa shape index (κ2) is 27.7. The summed E-state index contributed by atoms with van der Waals surface area (Å²) < 4.78 is 0. The molecule has 0 atom stereocenters. The molecule has 0 unspecified atom stereocenters. The number of hydrogen-bond acceptors (Lipinski definition) is 1. The Labute approximate surface area is 197 Å². The molecule has 1 heteroatoms. The van der Waals surface area contributed by atoms with E-state index in [0.29, 0.717) is 5.78 Å². The summed E-state index contributed by atoms with van der Waals surface area (Å²) in [6.45, 7) is 4.57. The lowest BCUT2D eigenvalue weighted by atomic mass is 10.0. The number of Topliss-reactive ketones (excluding diaryl/α,β-unsaturated/α-hetero) is 1. The Kier molecular flexibility index (Phi) is 27.4. The highest BCUT2D eigenvalue weighted by Gasteiger charge is 2.02. The number of unbranched alkanes of at least 4 members (excludes halogenated alkanes) is 23. The maximum Gasteiger partial charge on any atom is 0.132 e. The fourth-order valence-electron chi connectivity index (χ4n) is 4.63. The van der Waals surface area contributed by atoms with Gasteiger partial charge in [0, 0.05) is 12.8 Å². The van der Waals surface area contributed by atoms with Crippen molar-refractivity contribution in [1.82, 2.24) is 0 Å². The van der Waals surface area contributed by atoms with Crippen molar-refractivity contribution in [2.45, 2.75) is 187 Å². The lowest BCUT2D eigenvalue weighted by Gasteiger charge is -2.04. The molecule has 1 nitrogen and oxygen atoms in total. The van der Waals surface area contributed by atoms with E-state index in [1.807, 2.05) is 0 Å². The molecule has 0 saturated carbocycles. The second-order valence-electron chi connectivity index (χ2n) is 10.2. The number of carbonyl (C=O) groups is 1. The van der Waals surface area contributed by atoms with E-state index in [9.17, 15) is 4.79 Å². The molecule has 0 aliphatic heterocycles. The van der Waals surface area contributed by atoms with Crippen molar-refractivity contribution in [3.8, 4) is 0 Å². The molecule has 0 aromatic rings. The molecular formula is C30H60O. The third-order valence-electron chi connectivity index (χ3n) is 6.87. The van der Waals surface area contributed by atoms with Crippen LogP contribution >= 0.6 is 0 Å². The van der Waals surface area contributed by atoms with Gasteiger partial charge in [-0.25, -0.2) is 0 Å². The Morgan fingerprint density at radius 2 is 0.516 bits per heavy atom. The first-order valence-corrected chi connectivity index (χ1v) is 14.8. The predicted octanol–water partition coefficient (Wildman–Crippen LogP) is 11.1. The van der Waals surface area contributed by atoms with E-state index in [-0.39, 0.29) is 0 Å². The minimum atomic E-state index is 0.523. The van der Waals surface area contributed by atoms with E-state index in [4.69, 9.17) is 0 Å². The fourth-order valence-corrected chi connectivity index (χ4v) is 4.63. The first-order valence-electron chi connectivity index (χ1n) is 14.8. The van der Waals surface area contributed by atoms with Crippen LogP contribution < -0.4 is 0 Å². The SMILES string of the molecule is CCCCCCCCCCCCCCCC(=O)CCCCCCCCCCCCCC. The van der Waals surface area contributed by atoms with Gasteiger partial charge in [0.2, 0.25) is 0 Å². The lowest BCUT2D eigenvalue weighted by molar-refractivity contribution is -0.119. The number of carbonyl (C=O) groups excluding carboxylic acids is 1. The van der Waals surface area contributed by atoms with Gasteiger partial charge < -0.3 is 0 Å². The van der Waals surface area contributed by atoms with Gasteiger partial charge in [0.05, 0.1) is 0 Å². The van der Waals surface area contributed by atoms with Crippen LogP contribution in [0.2, 0.25) is 0 Å². The van der Waals surface area contributed by atoms with Crippen molar-refractivity contribution in [3.63, 3.8) is 0 Å². The molecule has 0 aliphatic carbocycles. The monoisotopic (exact) mass is 436 g/mol. The van der Waals surface area contributed by atoms with Crippen molar-refractivity contribution in [2.75, 3.05) is 0 Å². The molecule has 0 fully saturated rings. The zero-order valence-corrected chi connectivity index (χ0v) is 22.0. The highest BCUT2D eigenvalue weighted by Crippen LogP contribution is 2.15. The van der Waals surface area contributed by atoms with Gasteiger partial charge in [-0.1, -0.05) is 162 Å². The highest BCUT2D eigenvalue weighted by atomic mass is 16.1. The van der Waals surface area contributed by atoms with Gasteiger partial charge in [0.25, 0.3) is 0 Å². The third-order valence-corrected chi connectivity index (χ3v) is 6.87. The average Bonchev–Trinajstić information content (AvgIpc) is 2.77. The summed E-state index contributed by atoms with van der Waals surface area (Å²) in [5.74, 6) is 0.523. The van der Waals surface area contributed by atoms with Gasteiger partial charge in [0.1, 0.15) is 5.78 Å². The van der Waals surface area contributed by atoms with Crippen molar-refractivity contribution in [2.24, 2.45) is 0 Å². The van der Waals surface area contributed by atoms with Crippen LogP contribution in [-0.2, 0) is 4.79 Å². The van der Waals surface area contributed by atoms with Crippen LogP contribution in [0, 0.1) is 0 Å². The number of ketones is 1. The summed E-state index contributed by atoms with van der Waals surface area (Å²) in [4.78, 5) is 12.0. The largest absolute Gasteiger partial charge is 0.300 e. The summed E-state index contributed by atoms with van der Waals surface area (Å²) in [6.07, 6.45) is 36.0. The maximum absolute atomic E-state index is 12.0. The van der Waals surface area contributed by atoms with E-state index >= 15 is 0 Å². The summed E-state index contributed by atoms with van der Waals surface area (Å²) in [5.41, 5.74) is 0. The third kappa shape index (κ3) is 27.6. The number of rotatable bonds is 27. The van der Waals surface area contributed by atoms with E-state index in [1.165, 1.54) is 148 Å². The molecule has 0 rings (SSSR count). The molecule has 0 aromatic carbocycles. The average molecular weight is 437 g/mol. The molecule has 0 heterocycles. The summed E-state index contributed by atoms with van der Waals surface area (Å²) in [7, 11) is 0. The van der Waals surface area contributed by atoms with E-state index in [2.05, 4.69) is 13.8 Å². The molecule has 0 amide bonds. The van der Waals surface area contributed by atoms with Crippen LogP contribution in [0.15, 0.2) is 0 Å². The van der Waals surface area contributed by atoms with Gasteiger partial charge in [-0.05, 0) is 12.8 Å². The Balaban J connectivity index is 3.14. The molecular weight excluding hydrogens is 376 g/mol. The Morgan fingerprint density at radius 1 is 0.323 bits per heavy atom. The minimum Gasteiger partial charge on any atom is -0.300 e. The Morgan fingerprint density at radius 3 is 0.742 bits per heavy atom. The van der Waals surface area contributed by atoms with Crippen LogP contribution in [0.3, 0.4) is 0 Å². The van der Waals surface area contributed by atoms with E-state index < -0.39 is 0 Å². The maximum atomic E-state index is 12.0. The molecule has 0 radical (unpaired) electrons. The molecule has 0 saturated heterocycles. The van der Waals surface area contributed by atoms with Crippen molar-refractivity contribution in [3.05, 3.63) is 0 Å². The van der Waals surface area contributed by atoms with E-state index in [1.54, 1.807) is 0 Å². The Hall–Kier alpha value is -0.330. The lowest BCUT2D eigenvalue weighted by Crippen LogP contribution is -1.97. The van der Waals surface area contributed by atoms with Gasteiger partial charge >= 0.3 is 0 Å². The van der Waals surface area contributed by atoms with Crippen LogP contribution in [0.5, 0.6) is 0 Å². The Bertz CT molecular complexity index is 335. The molecule has 186 valence electrons. The van der Waals surface area contributed by atoms with Crippen molar-refractivity contribution < 1.29 is 4.79 Å². The predicted molar refractivity (Wildman–Crippen MR) is 141 cm³/mol. The molecule has 0 N–H and O–H groups in total. The molecule has 0 aliphatic rings. The van der Waals surface area contributed by atoms with Crippen LogP contribution in [0.4, 0.5) is 0 Å². The normalized spacial score (nSPS) is 11.3. The van der Waals surface area contributed by atoms with Crippen molar-refractivity contribution in [1.29, 1.82) is 0 Å². The fraction of sp³-hybridized carbons (Fsp3) is 0.967. The zero-order chi connectivity index (χ0) is 22.7. The van der Waals surface area contributed by atoms with Gasteiger partial charge in [-0.2, -0.15) is 0 Å². The van der Waals surface area contributed by atoms with Gasteiger partial charge in [-0.3, -0.25) is 4.79 Å². The second-order valence-corrected chi connectivity index (χ2v) is 10.2. The summed E-state index contributed by atoms with van der Waals surface area (Å²) in [5, 5.41) is 0. The molecule has 0 aromatic heterocycles. The van der Waals surface area contributed by atoms with Crippen LogP contribution in [0.25, 0.3) is 0 Å². The minimum absolute atomic E-state index is 0.523. The smallest absolute Gasteiger partial charge is 0.132 e. The molecule has 0 spiro atoms. The topological polar surface area (TPSA) is 17.1 Å². The first-order chi connectivity index (χ1) is 15.3. The quantitative estimate of drug-likeness (QED) is 0.117. The van der Waals surface area contributed by atoms with E-state index in [0.717, 1.165) is 25.7 Å². The van der Waals surface area contributed by atoms with Crippen LogP contribution in [-0.4, -0.2) is 5.78 Å². The van der Waals surface area contributed by atoms with Crippen molar-refractivity contribution >= 4 is 5.78 Å². The number of hydrogen-bond donors (Lipinski definition) is 0. The summed E-state index contributed by atoms with van der Waals surface area (Å²) >= 11 is 0. The first kappa shape index (κ1) is 30.7. The molecule has 0 bridgehead atoms. The summed E-state index contributed by atoms with van der Waals surface area (Å²) in [6, 6.07) is 0. The standard InChI is InChI=1S/C30H60O/c1-3-5-7-9-11-13-15-17-19-21-23-25-27-29-30(31)28-26-24-22-20-18-16-14-12-10-8-6-4-2/h3-29H2,1-2H3. The zero-order valence-electron chi connectivity index (χ0n) is 22.0. The van der Waals surface area contributed by atoms with Gasteiger partial charge in [0.15, 0.2) is 0 Å². The van der Waals surface area contributed by atoms with Gasteiger partial charge in [-0.15, -0.1) is 0 Å². The van der Waals surface area contributed by atoms with Crippen LogP contribution in [0.1, 0.15) is 187 Å². The highest BCUT2D eigenvalue weighted by molar-refractivity contribution is 5.78. The molecule has 31 heavy (non-hydrogen) atoms.